The number of nitrogen functional groups attached to an aromatic ring is 1. The lowest BCUT2D eigenvalue weighted by Crippen LogP contribution is -1.96. The predicted molar refractivity (Wildman–Crippen MR) is 76.1 cm³/mol. The zero-order valence-corrected chi connectivity index (χ0v) is 11.7. The zero-order chi connectivity index (χ0) is 12.1. The van der Waals surface area contributed by atoms with E-state index in [9.17, 15) is 0 Å². The highest BCUT2D eigenvalue weighted by molar-refractivity contribution is 9.10. The molecule has 1 aromatic heterocycles. The second-order valence-corrected chi connectivity index (χ2v) is 5.74. The van der Waals surface area contributed by atoms with E-state index in [1.54, 1.807) is 18.0 Å². The number of nitrogens with two attached hydrogens (primary N) is 1. The Balaban J connectivity index is 1.78. The van der Waals surface area contributed by atoms with Gasteiger partial charge in [-0.2, -0.15) is 0 Å². The summed E-state index contributed by atoms with van der Waals surface area (Å²) in [5.74, 6) is 1.06. The van der Waals surface area contributed by atoms with Gasteiger partial charge in [-0.1, -0.05) is 15.9 Å². The summed E-state index contributed by atoms with van der Waals surface area (Å²) in [6, 6.07) is 6.02. The Morgan fingerprint density at radius 1 is 1.41 bits per heavy atom. The molecule has 17 heavy (non-hydrogen) atoms. The fourth-order valence-electron chi connectivity index (χ4n) is 1.50. The van der Waals surface area contributed by atoms with Crippen LogP contribution in [0.3, 0.4) is 0 Å². The number of halogens is 1. The van der Waals surface area contributed by atoms with Crippen LogP contribution in [0.15, 0.2) is 46.3 Å². The predicted octanol–water partition coefficient (Wildman–Crippen LogP) is 3.41. The van der Waals surface area contributed by atoms with Crippen LogP contribution in [0.1, 0.15) is 6.42 Å². The fraction of sp³-hybridized carbons (Fsp3) is 0.250. The third kappa shape index (κ3) is 3.78. The monoisotopic (exact) mass is 311 g/mol. The van der Waals surface area contributed by atoms with Crippen LogP contribution < -0.4 is 5.73 Å². The first-order valence-electron chi connectivity index (χ1n) is 5.39. The summed E-state index contributed by atoms with van der Waals surface area (Å²) in [7, 11) is 0. The van der Waals surface area contributed by atoms with Crippen molar-refractivity contribution in [3.05, 3.63) is 41.4 Å². The number of hydrogen-bond donors (Lipinski definition) is 1. The number of aryl methyl sites for hydroxylation is 1. The van der Waals surface area contributed by atoms with Crippen LogP contribution in [0.25, 0.3) is 0 Å². The van der Waals surface area contributed by atoms with Gasteiger partial charge < -0.3 is 10.3 Å². The Morgan fingerprint density at radius 2 is 2.29 bits per heavy atom. The van der Waals surface area contributed by atoms with Crippen molar-refractivity contribution in [3.8, 4) is 0 Å². The lowest BCUT2D eigenvalue weighted by atomic mass is 10.3. The van der Waals surface area contributed by atoms with Crippen molar-refractivity contribution < 1.29 is 0 Å². The third-order valence-corrected chi connectivity index (χ3v) is 4.02. The van der Waals surface area contributed by atoms with Gasteiger partial charge >= 0.3 is 0 Å². The molecule has 0 aliphatic rings. The van der Waals surface area contributed by atoms with Crippen LogP contribution >= 0.6 is 27.7 Å². The van der Waals surface area contributed by atoms with Gasteiger partial charge in [0, 0.05) is 34.0 Å². The normalized spacial score (nSPS) is 10.6. The molecule has 0 fully saturated rings. The van der Waals surface area contributed by atoms with Gasteiger partial charge in [0.25, 0.3) is 0 Å². The first kappa shape index (κ1) is 12.5. The Labute approximate surface area is 114 Å². The van der Waals surface area contributed by atoms with Gasteiger partial charge in [-0.15, -0.1) is 11.8 Å². The van der Waals surface area contributed by atoms with Crippen molar-refractivity contribution in [2.45, 2.75) is 17.9 Å². The molecule has 0 atom stereocenters. The molecule has 3 nitrogen and oxygen atoms in total. The standard InChI is InChI=1S/C12H14BrN3S/c13-10-2-3-12(11(14)8-10)17-7-1-5-16-6-4-15-9-16/h2-4,6,8-9H,1,5,7,14H2. The van der Waals surface area contributed by atoms with Crippen molar-refractivity contribution in [2.24, 2.45) is 0 Å². The van der Waals surface area contributed by atoms with E-state index < -0.39 is 0 Å². The summed E-state index contributed by atoms with van der Waals surface area (Å²) >= 11 is 5.20. The molecule has 2 rings (SSSR count). The highest BCUT2D eigenvalue weighted by atomic mass is 79.9. The highest BCUT2D eigenvalue weighted by Crippen LogP contribution is 2.28. The van der Waals surface area contributed by atoms with Gasteiger partial charge in [-0.25, -0.2) is 4.98 Å². The molecule has 1 heterocycles. The molecule has 2 aromatic rings. The molecule has 1 aromatic carbocycles. The number of aromatic nitrogens is 2. The van der Waals surface area contributed by atoms with Crippen LogP contribution in [-0.2, 0) is 6.54 Å². The molecule has 0 aliphatic heterocycles. The molecular weight excluding hydrogens is 298 g/mol. The van der Waals surface area contributed by atoms with Crippen LogP contribution in [0, 0.1) is 0 Å². The molecule has 2 N–H and O–H groups in total. The van der Waals surface area contributed by atoms with Crippen LogP contribution in [0.2, 0.25) is 0 Å². The lowest BCUT2D eigenvalue weighted by molar-refractivity contribution is 0.683. The SMILES string of the molecule is Nc1cc(Br)ccc1SCCCn1ccnc1. The van der Waals surface area contributed by atoms with E-state index in [1.165, 1.54) is 0 Å². The quantitative estimate of drug-likeness (QED) is 0.523. The molecule has 0 aliphatic carbocycles. The minimum atomic E-state index is 0.840. The maximum atomic E-state index is 5.93. The summed E-state index contributed by atoms with van der Waals surface area (Å²) in [6.45, 7) is 1.00. The molecule has 90 valence electrons. The topological polar surface area (TPSA) is 43.8 Å². The molecule has 0 saturated heterocycles. The minimum Gasteiger partial charge on any atom is -0.398 e. The van der Waals surface area contributed by atoms with E-state index in [2.05, 4.69) is 31.5 Å². The van der Waals surface area contributed by atoms with Gasteiger partial charge in [0.05, 0.1) is 6.33 Å². The summed E-state index contributed by atoms with van der Waals surface area (Å²) in [6.07, 6.45) is 6.74. The van der Waals surface area contributed by atoms with E-state index in [-0.39, 0.29) is 0 Å². The third-order valence-electron chi connectivity index (χ3n) is 2.35. The smallest absolute Gasteiger partial charge is 0.0945 e. The number of benzene rings is 1. The van der Waals surface area contributed by atoms with E-state index in [0.717, 1.165) is 33.8 Å². The molecule has 0 bridgehead atoms. The molecule has 0 amide bonds. The van der Waals surface area contributed by atoms with Crippen LogP contribution in [-0.4, -0.2) is 15.3 Å². The van der Waals surface area contributed by atoms with Crippen molar-refractivity contribution in [2.75, 3.05) is 11.5 Å². The van der Waals surface area contributed by atoms with Crippen LogP contribution in [0.5, 0.6) is 0 Å². The Morgan fingerprint density at radius 3 is 3.00 bits per heavy atom. The summed E-state index contributed by atoms with van der Waals surface area (Å²) < 4.78 is 3.11. The van der Waals surface area contributed by atoms with E-state index >= 15 is 0 Å². The number of rotatable bonds is 5. The fourth-order valence-corrected chi connectivity index (χ4v) is 2.76. The minimum absolute atomic E-state index is 0.840. The first-order chi connectivity index (χ1) is 8.25. The van der Waals surface area contributed by atoms with Gasteiger partial charge in [0.15, 0.2) is 0 Å². The number of anilines is 1. The van der Waals surface area contributed by atoms with Crippen molar-refractivity contribution in [1.82, 2.24) is 9.55 Å². The van der Waals surface area contributed by atoms with E-state index in [1.807, 2.05) is 24.7 Å². The largest absolute Gasteiger partial charge is 0.398 e. The highest BCUT2D eigenvalue weighted by Gasteiger charge is 2.00. The van der Waals surface area contributed by atoms with Gasteiger partial charge in [-0.05, 0) is 30.4 Å². The van der Waals surface area contributed by atoms with Gasteiger partial charge in [-0.3, -0.25) is 0 Å². The van der Waals surface area contributed by atoms with Crippen molar-refractivity contribution in [3.63, 3.8) is 0 Å². The maximum absolute atomic E-state index is 5.93. The molecule has 5 heteroatoms. The summed E-state index contributed by atoms with van der Waals surface area (Å²) in [5, 5.41) is 0. The van der Waals surface area contributed by atoms with Crippen LogP contribution in [0.4, 0.5) is 5.69 Å². The summed E-state index contributed by atoms with van der Waals surface area (Å²) in [5.41, 5.74) is 6.77. The second-order valence-electron chi connectivity index (χ2n) is 3.68. The average Bonchev–Trinajstić information content (AvgIpc) is 2.79. The van der Waals surface area contributed by atoms with Gasteiger partial charge in [0.2, 0.25) is 0 Å². The Kier molecular flexibility index (Phi) is 4.50. The second kappa shape index (κ2) is 6.12. The Bertz CT molecular complexity index is 471. The zero-order valence-electron chi connectivity index (χ0n) is 9.34. The number of hydrogen-bond acceptors (Lipinski definition) is 3. The molecule has 0 saturated carbocycles. The first-order valence-corrected chi connectivity index (χ1v) is 7.17. The molecule has 0 spiro atoms. The van der Waals surface area contributed by atoms with Crippen molar-refractivity contribution in [1.29, 1.82) is 0 Å². The summed E-state index contributed by atoms with van der Waals surface area (Å²) in [4.78, 5) is 5.17. The average molecular weight is 312 g/mol. The molecule has 0 unspecified atom stereocenters. The lowest BCUT2D eigenvalue weighted by Gasteiger charge is -2.06. The Hall–Kier alpha value is -0.940. The molecule has 0 radical (unpaired) electrons. The molecular formula is C12H14BrN3S. The van der Waals surface area contributed by atoms with Crippen molar-refractivity contribution >= 4 is 33.4 Å². The van der Waals surface area contributed by atoms with E-state index in [4.69, 9.17) is 5.73 Å². The number of imidazole rings is 1. The van der Waals surface area contributed by atoms with E-state index in [0.29, 0.717) is 0 Å². The number of thioether (sulfide) groups is 1. The number of nitrogens with zero attached hydrogens (tertiary/aromatic N) is 2. The maximum Gasteiger partial charge on any atom is 0.0945 e. The van der Waals surface area contributed by atoms with Gasteiger partial charge in [0.1, 0.15) is 0 Å².